The van der Waals surface area contributed by atoms with Crippen LogP contribution in [0.1, 0.15) is 35.8 Å². The van der Waals surface area contributed by atoms with Gasteiger partial charge in [-0.05, 0) is 36.2 Å². The number of rotatable bonds is 5. The maximum atomic E-state index is 12.4. The smallest absolute Gasteiger partial charge is 0.251 e. The molecule has 1 fully saturated rings. The molecule has 3 rings (SSSR count). The van der Waals surface area contributed by atoms with Crippen molar-refractivity contribution in [2.45, 2.75) is 25.8 Å². The molecular formula is C20H20N4O2. The number of aromatic nitrogens is 1. The molecular weight excluding hydrogens is 328 g/mol. The number of nitrogens with zero attached hydrogens (tertiary/aromatic N) is 3. The first-order valence-electron chi connectivity index (χ1n) is 8.66. The molecule has 0 aliphatic carbocycles. The Balaban J connectivity index is 1.64. The van der Waals surface area contributed by atoms with Crippen LogP contribution in [0.2, 0.25) is 0 Å². The second-order valence-electron chi connectivity index (χ2n) is 6.34. The number of carbonyl (C=O) groups is 2. The third-order valence-electron chi connectivity index (χ3n) is 4.40. The number of nitrogens with one attached hydrogen (secondary N) is 1. The van der Waals surface area contributed by atoms with Crippen LogP contribution in [0.3, 0.4) is 0 Å². The summed E-state index contributed by atoms with van der Waals surface area (Å²) in [7, 11) is 0. The fourth-order valence-corrected chi connectivity index (χ4v) is 3.07. The molecule has 0 saturated carbocycles. The van der Waals surface area contributed by atoms with Gasteiger partial charge in [0, 0.05) is 36.8 Å². The Kier molecular flexibility index (Phi) is 5.28. The lowest BCUT2D eigenvalue weighted by molar-refractivity contribution is -0.127. The van der Waals surface area contributed by atoms with Gasteiger partial charge in [0.2, 0.25) is 5.91 Å². The summed E-state index contributed by atoms with van der Waals surface area (Å²) in [5, 5.41) is 11.7. The van der Waals surface area contributed by atoms with Crippen LogP contribution in [0, 0.1) is 11.3 Å². The third-order valence-corrected chi connectivity index (χ3v) is 4.40. The normalized spacial score (nSPS) is 16.4. The molecule has 6 heteroatoms. The summed E-state index contributed by atoms with van der Waals surface area (Å²) in [6.45, 7) is 3.34. The Bertz CT molecular complexity index is 838. The Labute approximate surface area is 152 Å². The number of likely N-dealkylation sites (tertiary alicyclic amines) is 1. The molecule has 1 aromatic carbocycles. The first kappa shape index (κ1) is 17.6. The quantitative estimate of drug-likeness (QED) is 0.899. The zero-order valence-corrected chi connectivity index (χ0v) is 14.6. The van der Waals surface area contributed by atoms with Gasteiger partial charge in [0.25, 0.3) is 5.91 Å². The highest BCUT2D eigenvalue weighted by Gasteiger charge is 2.29. The molecule has 1 aromatic heterocycles. The highest BCUT2D eigenvalue weighted by Crippen LogP contribution is 2.19. The summed E-state index contributed by atoms with van der Waals surface area (Å²) in [5.41, 5.74) is 2.72. The fourth-order valence-electron chi connectivity index (χ4n) is 3.07. The average molecular weight is 348 g/mol. The summed E-state index contributed by atoms with van der Waals surface area (Å²) >= 11 is 0. The number of pyridine rings is 1. The first-order valence-corrected chi connectivity index (χ1v) is 8.66. The number of carbonyl (C=O) groups excluding carboxylic acids is 2. The standard InChI is InChI=1S/C20H20N4O2/c1-2-9-24-13-18(10-19(24)25)23-20(26)15-5-3-14(4-6-15)16-7-8-17(11-21)22-12-16/h3-8,12,18H,2,9-10,13H2,1H3,(H,23,26). The van der Waals surface area contributed by atoms with Gasteiger partial charge in [-0.2, -0.15) is 5.26 Å². The lowest BCUT2D eigenvalue weighted by atomic mass is 10.0. The van der Waals surface area contributed by atoms with Gasteiger partial charge in [0.15, 0.2) is 0 Å². The van der Waals surface area contributed by atoms with Gasteiger partial charge in [-0.3, -0.25) is 9.59 Å². The van der Waals surface area contributed by atoms with E-state index < -0.39 is 0 Å². The van der Waals surface area contributed by atoms with Crippen molar-refractivity contribution in [2.24, 2.45) is 0 Å². The van der Waals surface area contributed by atoms with E-state index in [0.717, 1.165) is 24.1 Å². The van der Waals surface area contributed by atoms with Crippen molar-refractivity contribution in [3.63, 3.8) is 0 Å². The number of hydrogen-bond acceptors (Lipinski definition) is 4. The summed E-state index contributed by atoms with van der Waals surface area (Å²) in [4.78, 5) is 30.2. The van der Waals surface area contributed by atoms with Gasteiger partial charge in [0.05, 0.1) is 6.04 Å². The summed E-state index contributed by atoms with van der Waals surface area (Å²) in [6, 6.07) is 12.5. The van der Waals surface area contributed by atoms with E-state index in [4.69, 9.17) is 5.26 Å². The maximum absolute atomic E-state index is 12.4. The van der Waals surface area contributed by atoms with Crippen molar-refractivity contribution in [2.75, 3.05) is 13.1 Å². The molecule has 26 heavy (non-hydrogen) atoms. The molecule has 0 spiro atoms. The van der Waals surface area contributed by atoms with E-state index in [0.29, 0.717) is 24.2 Å². The van der Waals surface area contributed by atoms with Crippen molar-refractivity contribution in [3.05, 3.63) is 53.9 Å². The van der Waals surface area contributed by atoms with E-state index in [1.807, 2.05) is 31.2 Å². The van der Waals surface area contributed by atoms with Gasteiger partial charge < -0.3 is 10.2 Å². The van der Waals surface area contributed by atoms with E-state index in [1.165, 1.54) is 0 Å². The molecule has 132 valence electrons. The SMILES string of the molecule is CCCN1CC(NC(=O)c2ccc(-c3ccc(C#N)nc3)cc2)CC1=O. The summed E-state index contributed by atoms with van der Waals surface area (Å²) in [6.07, 6.45) is 2.92. The number of nitriles is 1. The van der Waals surface area contributed by atoms with Crippen molar-refractivity contribution < 1.29 is 9.59 Å². The molecule has 1 aliphatic rings. The van der Waals surface area contributed by atoms with Gasteiger partial charge in [-0.1, -0.05) is 19.1 Å². The zero-order chi connectivity index (χ0) is 18.5. The van der Waals surface area contributed by atoms with Crippen LogP contribution in [0.4, 0.5) is 0 Å². The van der Waals surface area contributed by atoms with Crippen LogP contribution in [0.25, 0.3) is 11.1 Å². The molecule has 2 aromatic rings. The van der Waals surface area contributed by atoms with Gasteiger partial charge in [0.1, 0.15) is 11.8 Å². The minimum atomic E-state index is -0.175. The molecule has 1 N–H and O–H groups in total. The predicted molar refractivity (Wildman–Crippen MR) is 97.1 cm³/mol. The summed E-state index contributed by atoms with van der Waals surface area (Å²) < 4.78 is 0. The minimum Gasteiger partial charge on any atom is -0.347 e. The van der Waals surface area contributed by atoms with Crippen molar-refractivity contribution in [3.8, 4) is 17.2 Å². The molecule has 0 bridgehead atoms. The molecule has 1 atom stereocenters. The van der Waals surface area contributed by atoms with E-state index >= 15 is 0 Å². The van der Waals surface area contributed by atoms with E-state index in [9.17, 15) is 9.59 Å². The van der Waals surface area contributed by atoms with Gasteiger partial charge in [-0.15, -0.1) is 0 Å². The molecule has 1 unspecified atom stereocenters. The molecule has 1 saturated heterocycles. The monoisotopic (exact) mass is 348 g/mol. The average Bonchev–Trinajstić information content (AvgIpc) is 3.01. The predicted octanol–water partition coefficient (Wildman–Crippen LogP) is 2.36. The Morgan fingerprint density at radius 3 is 2.62 bits per heavy atom. The second-order valence-corrected chi connectivity index (χ2v) is 6.34. The molecule has 1 aliphatic heterocycles. The molecule has 2 amide bonds. The zero-order valence-electron chi connectivity index (χ0n) is 14.6. The van der Waals surface area contributed by atoms with Crippen LogP contribution in [0.15, 0.2) is 42.6 Å². The molecule has 6 nitrogen and oxygen atoms in total. The topological polar surface area (TPSA) is 86.1 Å². The van der Waals surface area contributed by atoms with E-state index in [1.54, 1.807) is 29.3 Å². The van der Waals surface area contributed by atoms with Crippen LogP contribution in [0.5, 0.6) is 0 Å². The number of benzene rings is 1. The van der Waals surface area contributed by atoms with Crippen molar-refractivity contribution in [1.82, 2.24) is 15.2 Å². The lowest BCUT2D eigenvalue weighted by Crippen LogP contribution is -2.37. The second kappa shape index (κ2) is 7.79. The fraction of sp³-hybridized carbons (Fsp3) is 0.300. The van der Waals surface area contributed by atoms with Crippen LogP contribution >= 0.6 is 0 Å². The summed E-state index contributed by atoms with van der Waals surface area (Å²) in [5.74, 6) is -0.0773. The van der Waals surface area contributed by atoms with Crippen LogP contribution < -0.4 is 5.32 Å². The van der Waals surface area contributed by atoms with Gasteiger partial charge in [-0.25, -0.2) is 4.98 Å². The third kappa shape index (κ3) is 3.89. The molecule has 2 heterocycles. The number of hydrogen-bond donors (Lipinski definition) is 1. The first-order chi connectivity index (χ1) is 12.6. The maximum Gasteiger partial charge on any atom is 0.251 e. The van der Waals surface area contributed by atoms with E-state index in [2.05, 4.69) is 10.3 Å². The molecule has 0 radical (unpaired) electrons. The highest BCUT2D eigenvalue weighted by molar-refractivity contribution is 5.95. The lowest BCUT2D eigenvalue weighted by Gasteiger charge is -2.16. The van der Waals surface area contributed by atoms with Crippen LogP contribution in [-0.2, 0) is 4.79 Å². The van der Waals surface area contributed by atoms with Crippen molar-refractivity contribution >= 4 is 11.8 Å². The van der Waals surface area contributed by atoms with E-state index in [-0.39, 0.29) is 17.9 Å². The van der Waals surface area contributed by atoms with Gasteiger partial charge >= 0.3 is 0 Å². The minimum absolute atomic E-state index is 0.0980. The van der Waals surface area contributed by atoms with Crippen molar-refractivity contribution in [1.29, 1.82) is 5.26 Å². The largest absolute Gasteiger partial charge is 0.347 e. The Morgan fingerprint density at radius 1 is 1.27 bits per heavy atom. The number of amides is 2. The Morgan fingerprint density at radius 2 is 2.00 bits per heavy atom. The highest BCUT2D eigenvalue weighted by atomic mass is 16.2. The Hall–Kier alpha value is -3.20. The van der Waals surface area contributed by atoms with Crippen LogP contribution in [-0.4, -0.2) is 40.8 Å².